The highest BCUT2D eigenvalue weighted by Crippen LogP contribution is 2.19. The summed E-state index contributed by atoms with van der Waals surface area (Å²) in [4.78, 5) is 0. The average molecular weight is 212 g/mol. The van der Waals surface area contributed by atoms with Crippen LogP contribution in [0.3, 0.4) is 0 Å². The Balaban J connectivity index is 2.81. The van der Waals surface area contributed by atoms with Crippen molar-refractivity contribution < 1.29 is 0 Å². The van der Waals surface area contributed by atoms with E-state index in [2.05, 4.69) is 54.0 Å². The van der Waals surface area contributed by atoms with Gasteiger partial charge in [-0.3, -0.25) is 0 Å². The van der Waals surface area contributed by atoms with E-state index in [1.807, 2.05) is 0 Å². The van der Waals surface area contributed by atoms with Crippen LogP contribution in [0.4, 0.5) is 0 Å². The smallest absolute Gasteiger partial charge is 0.0175 e. The summed E-state index contributed by atoms with van der Waals surface area (Å²) in [5.41, 5.74) is 1.34. The van der Waals surface area contributed by atoms with Crippen LogP contribution in [0, 0.1) is 5.92 Å². The molecule has 1 aromatic rings. The second-order valence-electron chi connectivity index (χ2n) is 2.64. The first-order valence-electron chi connectivity index (χ1n) is 3.82. The van der Waals surface area contributed by atoms with E-state index in [1.54, 1.807) is 0 Å². The lowest BCUT2D eigenvalue weighted by atomic mass is 9.99. The maximum Gasteiger partial charge on any atom is 0.0175 e. The normalized spacial score (nSPS) is 10.5. The lowest BCUT2D eigenvalue weighted by Crippen LogP contribution is -1.90. The van der Waals surface area contributed by atoms with E-state index in [0.717, 1.165) is 10.9 Å². The zero-order valence-corrected chi connectivity index (χ0v) is 8.48. The average Bonchev–Trinajstić information content (AvgIpc) is 2.05. The molecular formula is C10H12Br. The lowest BCUT2D eigenvalue weighted by Gasteiger charge is -2.06. The molecule has 0 fully saturated rings. The van der Waals surface area contributed by atoms with Gasteiger partial charge < -0.3 is 0 Å². The Hall–Kier alpha value is -0.300. The molecule has 0 nitrogen and oxygen atoms in total. The van der Waals surface area contributed by atoms with Crippen molar-refractivity contribution in [3.05, 3.63) is 40.2 Å². The van der Waals surface area contributed by atoms with Crippen LogP contribution in [0.15, 0.2) is 28.7 Å². The number of hydrogen-bond acceptors (Lipinski definition) is 0. The molecule has 0 unspecified atom stereocenters. The zero-order valence-electron chi connectivity index (χ0n) is 6.89. The Kier molecular flexibility index (Phi) is 3.13. The summed E-state index contributed by atoms with van der Waals surface area (Å²) >= 11 is 3.41. The summed E-state index contributed by atoms with van der Waals surface area (Å²) in [6.07, 6.45) is 1.13. The molecule has 1 rings (SSSR count). The van der Waals surface area contributed by atoms with Gasteiger partial charge in [-0.05, 0) is 24.1 Å². The van der Waals surface area contributed by atoms with Crippen LogP contribution >= 0.6 is 15.9 Å². The van der Waals surface area contributed by atoms with Gasteiger partial charge in [0.1, 0.15) is 0 Å². The molecule has 0 aliphatic heterocycles. The topological polar surface area (TPSA) is 0 Å². The fourth-order valence-corrected chi connectivity index (χ4v) is 1.20. The van der Waals surface area contributed by atoms with Crippen LogP contribution < -0.4 is 0 Å². The molecule has 11 heavy (non-hydrogen) atoms. The highest BCUT2D eigenvalue weighted by molar-refractivity contribution is 9.10. The molecule has 0 bridgehead atoms. The monoisotopic (exact) mass is 211 g/mol. The van der Waals surface area contributed by atoms with Crippen LogP contribution in [0.1, 0.15) is 25.8 Å². The number of hydrogen-bond donors (Lipinski definition) is 0. The summed E-state index contributed by atoms with van der Waals surface area (Å²) in [7, 11) is 0. The first-order chi connectivity index (χ1) is 5.24. The third-order valence-corrected chi connectivity index (χ3v) is 2.40. The molecule has 59 valence electrons. The van der Waals surface area contributed by atoms with Crippen molar-refractivity contribution in [3.8, 4) is 0 Å². The molecule has 0 aliphatic carbocycles. The Morgan fingerprint density at radius 2 is 1.82 bits per heavy atom. The number of halogens is 1. The molecule has 0 saturated heterocycles. The SMILES string of the molecule is CC[C](C)c1ccc(Br)cc1. The second-order valence-corrected chi connectivity index (χ2v) is 3.56. The van der Waals surface area contributed by atoms with Gasteiger partial charge in [-0.15, -0.1) is 0 Å². The largest absolute Gasteiger partial charge is 0.0645 e. The molecule has 0 saturated carbocycles. The molecule has 0 spiro atoms. The standard InChI is InChI=1S/C10H12Br/c1-3-8(2)9-4-6-10(11)7-5-9/h4-7H,3H2,1-2H3. The maximum absolute atomic E-state index is 3.41. The van der Waals surface area contributed by atoms with E-state index in [0.29, 0.717) is 0 Å². The molecule has 1 aromatic carbocycles. The van der Waals surface area contributed by atoms with Gasteiger partial charge in [0.15, 0.2) is 0 Å². The lowest BCUT2D eigenvalue weighted by molar-refractivity contribution is 0.957. The second kappa shape index (κ2) is 3.91. The molecule has 0 aliphatic rings. The molecule has 1 radical (unpaired) electrons. The Morgan fingerprint density at radius 1 is 1.27 bits per heavy atom. The molecular weight excluding hydrogens is 200 g/mol. The minimum atomic E-state index is 1.13. The van der Waals surface area contributed by atoms with E-state index < -0.39 is 0 Å². The van der Waals surface area contributed by atoms with E-state index in [9.17, 15) is 0 Å². The predicted molar refractivity (Wildman–Crippen MR) is 52.5 cm³/mol. The van der Waals surface area contributed by atoms with Crippen LogP contribution in [-0.2, 0) is 0 Å². The Labute approximate surface area is 76.8 Å². The molecule has 0 amide bonds. The zero-order chi connectivity index (χ0) is 8.27. The first-order valence-corrected chi connectivity index (χ1v) is 4.61. The highest BCUT2D eigenvalue weighted by atomic mass is 79.9. The fraction of sp³-hybridized carbons (Fsp3) is 0.300. The summed E-state index contributed by atoms with van der Waals surface area (Å²) in [5.74, 6) is 1.44. The van der Waals surface area contributed by atoms with E-state index in [4.69, 9.17) is 0 Å². The summed E-state index contributed by atoms with van der Waals surface area (Å²) in [6, 6.07) is 8.44. The molecule has 0 atom stereocenters. The van der Waals surface area contributed by atoms with E-state index in [1.165, 1.54) is 11.5 Å². The summed E-state index contributed by atoms with van der Waals surface area (Å²) in [6.45, 7) is 4.35. The minimum absolute atomic E-state index is 1.13. The van der Waals surface area contributed by atoms with Crippen molar-refractivity contribution >= 4 is 15.9 Å². The van der Waals surface area contributed by atoms with Crippen molar-refractivity contribution in [2.24, 2.45) is 0 Å². The third kappa shape index (κ3) is 2.33. The van der Waals surface area contributed by atoms with Crippen molar-refractivity contribution in [2.45, 2.75) is 20.3 Å². The van der Waals surface area contributed by atoms with Crippen LogP contribution in [0.5, 0.6) is 0 Å². The van der Waals surface area contributed by atoms with Gasteiger partial charge in [0.2, 0.25) is 0 Å². The maximum atomic E-state index is 3.41. The van der Waals surface area contributed by atoms with Crippen molar-refractivity contribution in [2.75, 3.05) is 0 Å². The van der Waals surface area contributed by atoms with Crippen LogP contribution in [-0.4, -0.2) is 0 Å². The molecule has 0 heterocycles. The van der Waals surface area contributed by atoms with Gasteiger partial charge in [-0.1, -0.05) is 41.9 Å². The summed E-state index contributed by atoms with van der Waals surface area (Å²) in [5, 5.41) is 0. The molecule has 0 aromatic heterocycles. The van der Waals surface area contributed by atoms with Crippen LogP contribution in [0.2, 0.25) is 0 Å². The third-order valence-electron chi connectivity index (χ3n) is 1.87. The minimum Gasteiger partial charge on any atom is -0.0645 e. The van der Waals surface area contributed by atoms with E-state index >= 15 is 0 Å². The summed E-state index contributed by atoms with van der Waals surface area (Å²) < 4.78 is 1.14. The van der Waals surface area contributed by atoms with Gasteiger partial charge >= 0.3 is 0 Å². The van der Waals surface area contributed by atoms with E-state index in [-0.39, 0.29) is 0 Å². The highest BCUT2D eigenvalue weighted by Gasteiger charge is 2.01. The number of rotatable bonds is 2. The van der Waals surface area contributed by atoms with Gasteiger partial charge in [-0.25, -0.2) is 0 Å². The number of benzene rings is 1. The van der Waals surface area contributed by atoms with Crippen molar-refractivity contribution in [3.63, 3.8) is 0 Å². The van der Waals surface area contributed by atoms with Gasteiger partial charge in [0, 0.05) is 10.4 Å². The van der Waals surface area contributed by atoms with Crippen LogP contribution in [0.25, 0.3) is 0 Å². The molecule has 1 heteroatoms. The van der Waals surface area contributed by atoms with Gasteiger partial charge in [0.25, 0.3) is 0 Å². The Morgan fingerprint density at radius 3 is 2.27 bits per heavy atom. The van der Waals surface area contributed by atoms with Crippen molar-refractivity contribution in [1.82, 2.24) is 0 Å². The Bertz CT molecular complexity index is 213. The fourth-order valence-electron chi connectivity index (χ4n) is 0.939. The van der Waals surface area contributed by atoms with Gasteiger partial charge in [-0.2, -0.15) is 0 Å². The van der Waals surface area contributed by atoms with Crippen molar-refractivity contribution in [1.29, 1.82) is 0 Å². The quantitative estimate of drug-likeness (QED) is 0.699. The first kappa shape index (κ1) is 8.79. The van der Waals surface area contributed by atoms with Gasteiger partial charge in [0.05, 0.1) is 0 Å². The molecule has 0 N–H and O–H groups in total. The predicted octanol–water partition coefficient (Wildman–Crippen LogP) is 3.80.